The van der Waals surface area contributed by atoms with Gasteiger partial charge in [-0.05, 0) is 38.0 Å². The van der Waals surface area contributed by atoms with E-state index in [1.165, 1.54) is 18.2 Å². The number of carbonyl (C=O) groups is 2. The summed E-state index contributed by atoms with van der Waals surface area (Å²) >= 11 is 0. The predicted molar refractivity (Wildman–Crippen MR) is 75.7 cm³/mol. The second kappa shape index (κ2) is 6.45. The number of carboxylic acid groups (broad SMARTS) is 1. The summed E-state index contributed by atoms with van der Waals surface area (Å²) in [5.41, 5.74) is 0.0298. The van der Waals surface area contributed by atoms with Gasteiger partial charge in [0.1, 0.15) is 11.3 Å². The number of carboxylic acids is 1. The maximum absolute atomic E-state index is 11.9. The summed E-state index contributed by atoms with van der Waals surface area (Å²) in [6.45, 7) is 2.56. The third kappa shape index (κ3) is 3.85. The van der Waals surface area contributed by atoms with Gasteiger partial charge >= 0.3 is 12.0 Å². The SMILES string of the molecule is CC(NC(=O)Nc1ccc(O)c(C(=O)O)c1)C1CCCO1. The number of aromatic hydroxyl groups is 1. The molecule has 1 aromatic carbocycles. The summed E-state index contributed by atoms with van der Waals surface area (Å²) in [5, 5.41) is 23.6. The molecule has 2 amide bonds. The zero-order valence-electron chi connectivity index (χ0n) is 11.6. The number of phenols is 1. The highest BCUT2D eigenvalue weighted by atomic mass is 16.5. The number of hydrogen-bond acceptors (Lipinski definition) is 4. The second-order valence-corrected chi connectivity index (χ2v) is 4.98. The van der Waals surface area contributed by atoms with Crippen molar-refractivity contribution in [1.29, 1.82) is 0 Å². The van der Waals surface area contributed by atoms with Crippen molar-refractivity contribution in [3.05, 3.63) is 23.8 Å². The molecule has 0 bridgehead atoms. The molecular formula is C14H18N2O5. The minimum Gasteiger partial charge on any atom is -0.507 e. The monoisotopic (exact) mass is 294 g/mol. The summed E-state index contributed by atoms with van der Waals surface area (Å²) in [6, 6.07) is 3.28. The van der Waals surface area contributed by atoms with Gasteiger partial charge in [-0.15, -0.1) is 0 Å². The van der Waals surface area contributed by atoms with Crippen molar-refractivity contribution >= 4 is 17.7 Å². The molecule has 0 aromatic heterocycles. The summed E-state index contributed by atoms with van der Waals surface area (Å²) in [6.07, 6.45) is 1.90. The molecule has 1 saturated heterocycles. The van der Waals surface area contributed by atoms with E-state index in [4.69, 9.17) is 9.84 Å². The highest BCUT2D eigenvalue weighted by Crippen LogP contribution is 2.21. The van der Waals surface area contributed by atoms with E-state index >= 15 is 0 Å². The molecule has 1 aromatic rings. The first-order chi connectivity index (χ1) is 9.97. The lowest BCUT2D eigenvalue weighted by atomic mass is 10.1. The molecule has 1 heterocycles. The van der Waals surface area contributed by atoms with Gasteiger partial charge in [0.05, 0.1) is 12.1 Å². The number of urea groups is 1. The third-order valence-electron chi connectivity index (χ3n) is 3.37. The first kappa shape index (κ1) is 15.1. The van der Waals surface area contributed by atoms with E-state index in [1.54, 1.807) is 0 Å². The van der Waals surface area contributed by atoms with Gasteiger partial charge in [-0.1, -0.05) is 0 Å². The first-order valence-corrected chi connectivity index (χ1v) is 6.73. The highest BCUT2D eigenvalue weighted by Gasteiger charge is 2.23. The van der Waals surface area contributed by atoms with Gasteiger partial charge < -0.3 is 25.6 Å². The molecule has 1 aliphatic rings. The summed E-state index contributed by atoms with van der Waals surface area (Å²) in [7, 11) is 0. The standard InChI is InChI=1S/C14H18N2O5/c1-8(12-3-2-6-21-12)15-14(20)16-9-4-5-11(17)10(7-9)13(18)19/h4-5,7-8,12,17H,2-3,6H2,1H3,(H,18,19)(H2,15,16,20). The van der Waals surface area contributed by atoms with Crippen LogP contribution in [0.1, 0.15) is 30.1 Å². The van der Waals surface area contributed by atoms with Crippen LogP contribution in [-0.4, -0.2) is 41.0 Å². The Kier molecular flexibility index (Phi) is 4.64. The largest absolute Gasteiger partial charge is 0.507 e. The average Bonchev–Trinajstić information content (AvgIpc) is 2.94. The minimum atomic E-state index is -1.26. The molecule has 0 spiro atoms. The number of ether oxygens (including phenoxy) is 1. The fraction of sp³-hybridized carbons (Fsp3) is 0.429. The van der Waals surface area contributed by atoms with Crippen LogP contribution in [0.25, 0.3) is 0 Å². The van der Waals surface area contributed by atoms with E-state index in [2.05, 4.69) is 10.6 Å². The van der Waals surface area contributed by atoms with Crippen molar-refractivity contribution < 1.29 is 24.5 Å². The van der Waals surface area contributed by atoms with Gasteiger partial charge in [-0.25, -0.2) is 9.59 Å². The third-order valence-corrected chi connectivity index (χ3v) is 3.37. The molecule has 7 nitrogen and oxygen atoms in total. The lowest BCUT2D eigenvalue weighted by Crippen LogP contribution is -2.43. The van der Waals surface area contributed by atoms with Crippen molar-refractivity contribution in [1.82, 2.24) is 5.32 Å². The Bertz CT molecular complexity index is 540. The number of amides is 2. The molecule has 7 heteroatoms. The van der Waals surface area contributed by atoms with Gasteiger partial charge in [-0.2, -0.15) is 0 Å². The molecule has 114 valence electrons. The maximum atomic E-state index is 11.9. The Morgan fingerprint density at radius 2 is 2.19 bits per heavy atom. The Morgan fingerprint density at radius 1 is 1.43 bits per heavy atom. The van der Waals surface area contributed by atoms with Crippen molar-refractivity contribution in [3.63, 3.8) is 0 Å². The topological polar surface area (TPSA) is 108 Å². The Morgan fingerprint density at radius 3 is 2.81 bits per heavy atom. The second-order valence-electron chi connectivity index (χ2n) is 4.98. The molecule has 0 radical (unpaired) electrons. The van der Waals surface area contributed by atoms with Gasteiger partial charge in [0.15, 0.2) is 0 Å². The van der Waals surface area contributed by atoms with Crippen molar-refractivity contribution in [2.24, 2.45) is 0 Å². The molecule has 2 atom stereocenters. The van der Waals surface area contributed by atoms with Crippen LogP contribution in [0.4, 0.5) is 10.5 Å². The van der Waals surface area contributed by atoms with Crippen molar-refractivity contribution in [2.45, 2.75) is 31.9 Å². The van der Waals surface area contributed by atoms with Crippen LogP contribution < -0.4 is 10.6 Å². The molecule has 21 heavy (non-hydrogen) atoms. The molecule has 1 aliphatic heterocycles. The van der Waals surface area contributed by atoms with Gasteiger partial charge in [0.25, 0.3) is 0 Å². The van der Waals surface area contributed by atoms with Crippen LogP contribution in [0.2, 0.25) is 0 Å². The molecule has 0 saturated carbocycles. The molecule has 1 fully saturated rings. The summed E-state index contributed by atoms with van der Waals surface area (Å²) in [5.74, 6) is -1.61. The van der Waals surface area contributed by atoms with Crippen LogP contribution in [0.3, 0.4) is 0 Å². The number of anilines is 1. The quantitative estimate of drug-likeness (QED) is 0.633. The highest BCUT2D eigenvalue weighted by molar-refractivity contribution is 5.95. The summed E-state index contributed by atoms with van der Waals surface area (Å²) < 4.78 is 5.48. The minimum absolute atomic E-state index is 0.00477. The normalized spacial score (nSPS) is 19.0. The van der Waals surface area contributed by atoms with E-state index in [9.17, 15) is 14.7 Å². The first-order valence-electron chi connectivity index (χ1n) is 6.73. The number of benzene rings is 1. The van der Waals surface area contributed by atoms with E-state index in [-0.39, 0.29) is 23.5 Å². The number of rotatable bonds is 4. The van der Waals surface area contributed by atoms with Crippen LogP contribution in [0.15, 0.2) is 18.2 Å². The number of hydrogen-bond donors (Lipinski definition) is 4. The number of aromatic carboxylic acids is 1. The van der Waals surface area contributed by atoms with Crippen LogP contribution >= 0.6 is 0 Å². The van der Waals surface area contributed by atoms with Gasteiger partial charge in [-0.3, -0.25) is 0 Å². The van der Waals surface area contributed by atoms with E-state index in [1.807, 2.05) is 6.92 Å². The zero-order valence-corrected chi connectivity index (χ0v) is 11.6. The fourth-order valence-corrected chi connectivity index (χ4v) is 2.25. The van der Waals surface area contributed by atoms with Crippen molar-refractivity contribution in [2.75, 3.05) is 11.9 Å². The Labute approximate surface area is 121 Å². The lowest BCUT2D eigenvalue weighted by molar-refractivity contribution is 0.0693. The number of nitrogens with one attached hydrogen (secondary N) is 2. The zero-order chi connectivity index (χ0) is 15.4. The maximum Gasteiger partial charge on any atom is 0.339 e. The smallest absolute Gasteiger partial charge is 0.339 e. The summed E-state index contributed by atoms with van der Waals surface area (Å²) in [4.78, 5) is 22.8. The molecule has 0 aliphatic carbocycles. The molecule has 2 rings (SSSR count). The van der Waals surface area contributed by atoms with Crippen molar-refractivity contribution in [3.8, 4) is 5.75 Å². The van der Waals surface area contributed by atoms with Gasteiger partial charge in [0.2, 0.25) is 0 Å². The predicted octanol–water partition coefficient (Wildman–Crippen LogP) is 1.78. The fourth-order valence-electron chi connectivity index (χ4n) is 2.25. The van der Waals surface area contributed by atoms with E-state index < -0.39 is 12.0 Å². The molecule has 2 unspecified atom stereocenters. The van der Waals surface area contributed by atoms with E-state index in [0.717, 1.165) is 12.8 Å². The Hall–Kier alpha value is -2.28. The Balaban J connectivity index is 1.96. The molecule has 4 N–H and O–H groups in total. The van der Waals surface area contributed by atoms with E-state index in [0.29, 0.717) is 12.3 Å². The van der Waals surface area contributed by atoms with Crippen LogP contribution in [0.5, 0.6) is 5.75 Å². The van der Waals surface area contributed by atoms with Crippen LogP contribution in [-0.2, 0) is 4.74 Å². The van der Waals surface area contributed by atoms with Gasteiger partial charge in [0, 0.05) is 12.3 Å². The lowest BCUT2D eigenvalue weighted by Gasteiger charge is -2.20. The van der Waals surface area contributed by atoms with Crippen LogP contribution in [0, 0.1) is 0 Å². The molecular weight excluding hydrogens is 276 g/mol. The average molecular weight is 294 g/mol. The number of carbonyl (C=O) groups excluding carboxylic acids is 1.